The zero-order valence-electron chi connectivity index (χ0n) is 15.9. The first-order valence-electron chi connectivity index (χ1n) is 9.12. The van der Waals surface area contributed by atoms with E-state index >= 15 is 0 Å². The van der Waals surface area contributed by atoms with Crippen molar-refractivity contribution in [2.75, 3.05) is 19.7 Å². The number of carbonyl (C=O) groups is 1. The molecule has 3 rings (SSSR count). The summed E-state index contributed by atoms with van der Waals surface area (Å²) in [4.78, 5) is 27.1. The molecule has 30 heavy (non-hydrogen) atoms. The van der Waals surface area contributed by atoms with Crippen LogP contribution in [0.5, 0.6) is 5.75 Å². The lowest BCUT2D eigenvalue weighted by atomic mass is 10.1. The quantitative estimate of drug-likeness (QED) is 0.380. The van der Waals surface area contributed by atoms with Crippen molar-refractivity contribution in [1.29, 1.82) is 0 Å². The fourth-order valence-corrected chi connectivity index (χ4v) is 3.68. The molecule has 0 amide bonds. The van der Waals surface area contributed by atoms with Gasteiger partial charge < -0.3 is 8.92 Å². The molecule has 12 heteroatoms. The number of likely N-dealkylation sites (tertiary alicyclic amines) is 1. The van der Waals surface area contributed by atoms with Crippen LogP contribution < -0.4 is 9.74 Å². The summed E-state index contributed by atoms with van der Waals surface area (Å²) < 4.78 is 70.3. The van der Waals surface area contributed by atoms with E-state index in [0.717, 1.165) is 42.6 Å². The summed E-state index contributed by atoms with van der Waals surface area (Å²) in [5, 5.41) is 0. The maximum Gasteiger partial charge on any atom is 0.534 e. The van der Waals surface area contributed by atoms with Gasteiger partial charge in [-0.05, 0) is 56.6 Å². The van der Waals surface area contributed by atoms with E-state index < -0.39 is 32.9 Å². The molecule has 0 aliphatic carbocycles. The molecular formula is C18H19F3N2O6S. The third-order valence-electron chi connectivity index (χ3n) is 4.60. The van der Waals surface area contributed by atoms with Crippen molar-refractivity contribution in [2.24, 2.45) is 0 Å². The van der Waals surface area contributed by atoms with Crippen LogP contribution in [0.3, 0.4) is 0 Å². The minimum absolute atomic E-state index is 0.0232. The minimum Gasteiger partial charge on any atom is -0.462 e. The SMILES string of the molecule is CCOC(=O)c1cc(CN2CCCC2)c2ccc(OS(=O)(=O)C(F)(F)F)cn2c1=O. The zero-order chi connectivity index (χ0) is 22.1. The Hall–Kier alpha value is -2.60. The molecule has 0 radical (unpaired) electrons. The van der Waals surface area contributed by atoms with Gasteiger partial charge in [-0.15, -0.1) is 0 Å². The molecule has 2 aromatic rings. The maximum atomic E-state index is 12.8. The summed E-state index contributed by atoms with van der Waals surface area (Å²) in [6.07, 6.45) is 2.82. The fourth-order valence-electron chi connectivity index (χ4n) is 3.24. The smallest absolute Gasteiger partial charge is 0.462 e. The van der Waals surface area contributed by atoms with Crippen LogP contribution in [0.25, 0.3) is 5.52 Å². The molecule has 0 spiro atoms. The van der Waals surface area contributed by atoms with Crippen molar-refractivity contribution in [3.05, 3.63) is 45.9 Å². The van der Waals surface area contributed by atoms with E-state index in [4.69, 9.17) is 4.74 Å². The average molecular weight is 448 g/mol. The molecule has 0 bridgehead atoms. The van der Waals surface area contributed by atoms with E-state index in [1.807, 2.05) is 0 Å². The van der Waals surface area contributed by atoms with Crippen LogP contribution in [0.2, 0.25) is 0 Å². The molecule has 8 nitrogen and oxygen atoms in total. The van der Waals surface area contributed by atoms with Crippen molar-refractivity contribution < 1.29 is 35.3 Å². The highest BCUT2D eigenvalue weighted by atomic mass is 32.2. The predicted molar refractivity (Wildman–Crippen MR) is 99.7 cm³/mol. The van der Waals surface area contributed by atoms with Crippen LogP contribution in [-0.2, 0) is 21.4 Å². The topological polar surface area (TPSA) is 94.4 Å². The summed E-state index contributed by atoms with van der Waals surface area (Å²) in [6, 6.07) is 3.71. The Morgan fingerprint density at radius 2 is 1.87 bits per heavy atom. The number of hydrogen-bond donors (Lipinski definition) is 0. The highest BCUT2D eigenvalue weighted by Gasteiger charge is 2.48. The lowest BCUT2D eigenvalue weighted by molar-refractivity contribution is -0.0500. The molecule has 0 N–H and O–H groups in total. The first-order chi connectivity index (χ1) is 14.0. The predicted octanol–water partition coefficient (Wildman–Crippen LogP) is 2.30. The Morgan fingerprint density at radius 3 is 2.47 bits per heavy atom. The van der Waals surface area contributed by atoms with E-state index in [-0.39, 0.29) is 12.2 Å². The number of alkyl halides is 3. The minimum atomic E-state index is -5.91. The van der Waals surface area contributed by atoms with Gasteiger partial charge in [-0.3, -0.25) is 14.1 Å². The number of aromatic nitrogens is 1. The van der Waals surface area contributed by atoms with Crippen LogP contribution >= 0.6 is 0 Å². The Morgan fingerprint density at radius 1 is 1.20 bits per heavy atom. The number of ether oxygens (including phenoxy) is 1. The van der Waals surface area contributed by atoms with E-state index in [2.05, 4.69) is 9.08 Å². The molecule has 0 aromatic carbocycles. The number of nitrogens with zero attached hydrogens (tertiary/aromatic N) is 2. The molecule has 1 aliphatic rings. The highest BCUT2D eigenvalue weighted by Crippen LogP contribution is 2.27. The number of fused-ring (bicyclic) bond motifs is 1. The Balaban J connectivity index is 2.12. The lowest BCUT2D eigenvalue weighted by Crippen LogP contribution is -2.29. The second-order valence-electron chi connectivity index (χ2n) is 6.70. The molecule has 1 saturated heterocycles. The largest absolute Gasteiger partial charge is 0.534 e. The van der Waals surface area contributed by atoms with E-state index in [0.29, 0.717) is 17.6 Å². The summed E-state index contributed by atoms with van der Waals surface area (Å²) in [5.41, 5.74) is -5.90. The van der Waals surface area contributed by atoms with Crippen molar-refractivity contribution in [3.63, 3.8) is 0 Å². The maximum absolute atomic E-state index is 12.8. The van der Waals surface area contributed by atoms with Crippen LogP contribution in [0.4, 0.5) is 13.2 Å². The summed E-state index contributed by atoms with van der Waals surface area (Å²) in [7, 11) is -5.91. The first-order valence-corrected chi connectivity index (χ1v) is 10.5. The van der Waals surface area contributed by atoms with Crippen molar-refractivity contribution in [1.82, 2.24) is 9.30 Å². The highest BCUT2D eigenvalue weighted by molar-refractivity contribution is 7.88. The molecule has 164 valence electrons. The van der Waals surface area contributed by atoms with Gasteiger partial charge in [0, 0.05) is 6.54 Å². The van der Waals surface area contributed by atoms with Gasteiger partial charge in [0.25, 0.3) is 5.56 Å². The zero-order valence-corrected chi connectivity index (χ0v) is 16.8. The number of esters is 1. The van der Waals surface area contributed by atoms with Gasteiger partial charge in [-0.25, -0.2) is 4.79 Å². The van der Waals surface area contributed by atoms with Crippen LogP contribution in [0.1, 0.15) is 35.7 Å². The number of rotatable bonds is 6. The number of halogens is 3. The standard InChI is InChI=1S/C18H19F3N2O6S/c1-2-28-17(25)14-9-12(10-22-7-3-4-8-22)15-6-5-13(11-23(15)16(14)24)29-30(26,27)18(19,20)21/h5-6,9,11H,2-4,7-8,10H2,1H3. The normalized spacial score (nSPS) is 15.5. The van der Waals surface area contributed by atoms with Crippen molar-refractivity contribution in [2.45, 2.75) is 31.8 Å². The number of hydrogen-bond acceptors (Lipinski definition) is 7. The van der Waals surface area contributed by atoms with Gasteiger partial charge in [0.1, 0.15) is 5.56 Å². The third-order valence-corrected chi connectivity index (χ3v) is 5.57. The number of pyridine rings is 2. The third kappa shape index (κ3) is 4.43. The van der Waals surface area contributed by atoms with Gasteiger partial charge in [-0.2, -0.15) is 21.6 Å². The second-order valence-corrected chi connectivity index (χ2v) is 8.23. The monoisotopic (exact) mass is 448 g/mol. The molecule has 0 saturated carbocycles. The molecule has 2 aromatic heterocycles. The molecule has 1 fully saturated rings. The van der Waals surface area contributed by atoms with Crippen LogP contribution in [-0.4, -0.2) is 48.9 Å². The van der Waals surface area contributed by atoms with Gasteiger partial charge in [0.05, 0.1) is 18.3 Å². The number of carbonyl (C=O) groups excluding carboxylic acids is 1. The van der Waals surface area contributed by atoms with Crippen LogP contribution in [0.15, 0.2) is 29.2 Å². The summed E-state index contributed by atoms with van der Waals surface area (Å²) in [6.45, 7) is 3.64. The van der Waals surface area contributed by atoms with Gasteiger partial charge >= 0.3 is 21.6 Å². The average Bonchev–Trinajstić information content (AvgIpc) is 3.16. The molecular weight excluding hydrogens is 429 g/mol. The van der Waals surface area contributed by atoms with E-state index in [1.165, 1.54) is 12.1 Å². The Labute approximate surface area is 169 Å². The van der Waals surface area contributed by atoms with E-state index in [9.17, 15) is 31.2 Å². The fraction of sp³-hybridized carbons (Fsp3) is 0.444. The molecule has 3 heterocycles. The van der Waals surface area contributed by atoms with Gasteiger partial charge in [-0.1, -0.05) is 0 Å². The van der Waals surface area contributed by atoms with Crippen molar-refractivity contribution in [3.8, 4) is 5.75 Å². The molecule has 1 aliphatic heterocycles. The molecule has 0 atom stereocenters. The van der Waals surface area contributed by atoms with Gasteiger partial charge in [0.15, 0.2) is 5.75 Å². The second kappa shape index (κ2) is 8.26. The lowest BCUT2D eigenvalue weighted by Gasteiger charge is -2.18. The summed E-state index contributed by atoms with van der Waals surface area (Å²) >= 11 is 0. The summed E-state index contributed by atoms with van der Waals surface area (Å²) in [5.74, 6) is -1.59. The first kappa shape index (κ1) is 22.1. The Bertz CT molecular complexity index is 1120. The van der Waals surface area contributed by atoms with Crippen molar-refractivity contribution >= 4 is 21.6 Å². The van der Waals surface area contributed by atoms with Gasteiger partial charge in [0.2, 0.25) is 0 Å². The Kier molecular flexibility index (Phi) is 6.09. The molecule has 0 unspecified atom stereocenters. The van der Waals surface area contributed by atoms with Crippen LogP contribution in [0, 0.1) is 0 Å². The van der Waals surface area contributed by atoms with E-state index in [1.54, 1.807) is 6.92 Å².